The Morgan fingerprint density at radius 1 is 1.43 bits per heavy atom. The fraction of sp³-hybridized carbons (Fsp3) is 0.250. The molecule has 0 N–H and O–H groups in total. The third kappa shape index (κ3) is 2.38. The summed E-state index contributed by atoms with van der Waals surface area (Å²) in [7, 11) is 0. The maximum atomic E-state index is 13.1. The van der Waals surface area contributed by atoms with E-state index in [9.17, 15) is 18.9 Å². The van der Waals surface area contributed by atoms with Crippen molar-refractivity contribution in [3.8, 4) is 0 Å². The molecule has 0 aliphatic heterocycles. The molecule has 1 aromatic rings. The third-order valence-electron chi connectivity index (χ3n) is 1.68. The van der Waals surface area contributed by atoms with E-state index in [1.807, 2.05) is 0 Å². The molecule has 0 heterocycles. The van der Waals surface area contributed by atoms with E-state index in [4.69, 9.17) is 11.6 Å². The lowest BCUT2D eigenvalue weighted by atomic mass is 10.1. The number of nitrogens with zero attached hydrogens (tertiary/aromatic N) is 1. The van der Waals surface area contributed by atoms with Crippen LogP contribution in [0.5, 0.6) is 0 Å². The molecule has 0 unspecified atom stereocenters. The van der Waals surface area contributed by atoms with Gasteiger partial charge < -0.3 is 0 Å². The topological polar surface area (TPSA) is 43.1 Å². The highest BCUT2D eigenvalue weighted by Crippen LogP contribution is 2.21. The van der Waals surface area contributed by atoms with Gasteiger partial charge in [0.1, 0.15) is 11.6 Å². The first kappa shape index (κ1) is 10.8. The van der Waals surface area contributed by atoms with Crippen molar-refractivity contribution >= 4 is 11.6 Å². The van der Waals surface area contributed by atoms with Crippen LogP contribution < -0.4 is 0 Å². The standard InChI is InChI=1S/C8H6ClF2NO2/c9-6-1-2-7(10)5(8(6)11)3-4-12(13)14/h1-2H,3-4H2. The molecule has 0 aliphatic carbocycles. The first-order valence-corrected chi connectivity index (χ1v) is 4.14. The van der Waals surface area contributed by atoms with Gasteiger partial charge in [0.2, 0.25) is 6.54 Å². The van der Waals surface area contributed by atoms with E-state index >= 15 is 0 Å². The monoisotopic (exact) mass is 221 g/mol. The van der Waals surface area contributed by atoms with Crippen molar-refractivity contribution in [3.05, 3.63) is 44.5 Å². The van der Waals surface area contributed by atoms with Crippen LogP contribution in [-0.2, 0) is 6.42 Å². The van der Waals surface area contributed by atoms with Crippen LogP contribution in [0.25, 0.3) is 0 Å². The van der Waals surface area contributed by atoms with Crippen LogP contribution in [0, 0.1) is 21.7 Å². The minimum absolute atomic E-state index is 0.232. The maximum absolute atomic E-state index is 13.1. The first-order valence-electron chi connectivity index (χ1n) is 3.76. The summed E-state index contributed by atoms with van der Waals surface area (Å²) in [5.41, 5.74) is -0.339. The fourth-order valence-electron chi connectivity index (χ4n) is 1.00. The predicted octanol–water partition coefficient (Wildman–Crippen LogP) is 2.44. The lowest BCUT2D eigenvalue weighted by molar-refractivity contribution is -0.479. The normalized spacial score (nSPS) is 10.2. The Morgan fingerprint density at radius 2 is 2.07 bits per heavy atom. The van der Waals surface area contributed by atoms with Gasteiger partial charge in [-0.15, -0.1) is 0 Å². The second-order valence-electron chi connectivity index (χ2n) is 2.63. The molecule has 0 saturated carbocycles. The average molecular weight is 222 g/mol. The van der Waals surface area contributed by atoms with Gasteiger partial charge in [0.05, 0.1) is 5.02 Å². The summed E-state index contributed by atoms with van der Waals surface area (Å²) >= 11 is 5.39. The summed E-state index contributed by atoms with van der Waals surface area (Å²) < 4.78 is 26.1. The van der Waals surface area contributed by atoms with E-state index in [0.717, 1.165) is 12.1 Å². The summed E-state index contributed by atoms with van der Waals surface area (Å²) in [6.07, 6.45) is -0.300. The van der Waals surface area contributed by atoms with Gasteiger partial charge in [-0.25, -0.2) is 8.78 Å². The summed E-state index contributed by atoms with van der Waals surface area (Å²) in [5.74, 6) is -1.73. The summed E-state index contributed by atoms with van der Waals surface area (Å²) in [5, 5.41) is 9.78. The van der Waals surface area contributed by atoms with E-state index in [1.54, 1.807) is 0 Å². The average Bonchev–Trinajstić information content (AvgIpc) is 2.11. The number of halogens is 3. The van der Waals surface area contributed by atoms with Gasteiger partial charge in [-0.1, -0.05) is 11.6 Å². The first-order chi connectivity index (χ1) is 6.52. The van der Waals surface area contributed by atoms with Crippen molar-refractivity contribution in [1.29, 1.82) is 0 Å². The van der Waals surface area contributed by atoms with E-state index in [1.165, 1.54) is 0 Å². The molecule has 14 heavy (non-hydrogen) atoms. The Labute approximate surface area is 83.4 Å². The molecule has 0 aromatic heterocycles. The second kappa shape index (κ2) is 4.32. The molecule has 0 aliphatic rings. The number of nitro groups is 1. The highest BCUT2D eigenvalue weighted by Gasteiger charge is 2.14. The quantitative estimate of drug-likeness (QED) is 0.447. The largest absolute Gasteiger partial charge is 0.265 e. The highest BCUT2D eigenvalue weighted by atomic mass is 35.5. The van der Waals surface area contributed by atoms with Crippen molar-refractivity contribution in [2.45, 2.75) is 6.42 Å². The van der Waals surface area contributed by atoms with Gasteiger partial charge in [0.25, 0.3) is 0 Å². The number of benzene rings is 1. The SMILES string of the molecule is O=[N+]([O-])CCc1c(F)ccc(Cl)c1F. The summed E-state index contributed by atoms with van der Waals surface area (Å²) in [6.45, 7) is -0.520. The number of hydrogen-bond acceptors (Lipinski definition) is 2. The molecule has 0 fully saturated rings. The van der Waals surface area contributed by atoms with Crippen LogP contribution >= 0.6 is 11.6 Å². The maximum Gasteiger partial charge on any atom is 0.208 e. The molecular formula is C8H6ClF2NO2. The van der Waals surface area contributed by atoms with Crippen LogP contribution in [0.3, 0.4) is 0 Å². The molecule has 0 spiro atoms. The zero-order valence-corrected chi connectivity index (χ0v) is 7.72. The van der Waals surface area contributed by atoms with E-state index in [2.05, 4.69) is 0 Å². The summed E-state index contributed by atoms with van der Waals surface area (Å²) in [4.78, 5) is 9.37. The molecule has 1 aromatic carbocycles. The second-order valence-corrected chi connectivity index (χ2v) is 3.04. The van der Waals surface area contributed by atoms with Crippen molar-refractivity contribution in [3.63, 3.8) is 0 Å². The molecule has 0 bridgehead atoms. The predicted molar refractivity (Wildman–Crippen MR) is 46.9 cm³/mol. The minimum atomic E-state index is -0.923. The fourth-order valence-corrected chi connectivity index (χ4v) is 1.18. The molecule has 0 atom stereocenters. The van der Waals surface area contributed by atoms with Gasteiger partial charge in [0, 0.05) is 16.9 Å². The van der Waals surface area contributed by atoms with Crippen LogP contribution in [0.1, 0.15) is 5.56 Å². The Hall–Kier alpha value is -1.23. The van der Waals surface area contributed by atoms with Crippen molar-refractivity contribution in [2.75, 3.05) is 6.54 Å². The van der Waals surface area contributed by atoms with E-state index in [-0.39, 0.29) is 17.0 Å². The Balaban J connectivity index is 2.95. The van der Waals surface area contributed by atoms with Gasteiger partial charge >= 0.3 is 0 Å². The molecule has 6 heteroatoms. The van der Waals surface area contributed by atoms with Gasteiger partial charge in [0.15, 0.2) is 0 Å². The van der Waals surface area contributed by atoms with Crippen LogP contribution in [-0.4, -0.2) is 11.5 Å². The van der Waals surface area contributed by atoms with Crippen molar-refractivity contribution in [2.24, 2.45) is 0 Å². The molecule has 0 amide bonds. The molecule has 0 radical (unpaired) electrons. The van der Waals surface area contributed by atoms with Gasteiger partial charge in [-0.3, -0.25) is 10.1 Å². The van der Waals surface area contributed by atoms with Crippen molar-refractivity contribution < 1.29 is 13.7 Å². The summed E-state index contributed by atoms with van der Waals surface area (Å²) in [6, 6.07) is 2.06. The molecule has 3 nitrogen and oxygen atoms in total. The molecular weight excluding hydrogens is 216 g/mol. The minimum Gasteiger partial charge on any atom is -0.265 e. The third-order valence-corrected chi connectivity index (χ3v) is 1.98. The number of rotatable bonds is 3. The number of hydrogen-bond donors (Lipinski definition) is 0. The Morgan fingerprint density at radius 3 is 2.64 bits per heavy atom. The molecule has 76 valence electrons. The van der Waals surface area contributed by atoms with Gasteiger partial charge in [-0.2, -0.15) is 0 Å². The molecule has 0 saturated heterocycles. The zero-order chi connectivity index (χ0) is 10.7. The van der Waals surface area contributed by atoms with Crippen LogP contribution in [0.2, 0.25) is 5.02 Å². The van der Waals surface area contributed by atoms with E-state index < -0.39 is 23.1 Å². The van der Waals surface area contributed by atoms with E-state index in [0.29, 0.717) is 0 Å². The van der Waals surface area contributed by atoms with Crippen LogP contribution in [0.15, 0.2) is 12.1 Å². The Kier molecular flexibility index (Phi) is 3.35. The van der Waals surface area contributed by atoms with Crippen LogP contribution in [0.4, 0.5) is 8.78 Å². The zero-order valence-electron chi connectivity index (χ0n) is 6.97. The van der Waals surface area contributed by atoms with Gasteiger partial charge in [-0.05, 0) is 12.1 Å². The highest BCUT2D eigenvalue weighted by molar-refractivity contribution is 6.30. The smallest absolute Gasteiger partial charge is 0.208 e. The Bertz CT molecular complexity index is 371. The lowest BCUT2D eigenvalue weighted by Crippen LogP contribution is -2.07. The lowest BCUT2D eigenvalue weighted by Gasteiger charge is -2.03. The molecule has 1 rings (SSSR count). The van der Waals surface area contributed by atoms with Crippen molar-refractivity contribution in [1.82, 2.24) is 0 Å².